The van der Waals surface area contributed by atoms with Crippen molar-refractivity contribution in [3.05, 3.63) is 60.8 Å². The number of nitrogens with zero attached hydrogens (tertiary/aromatic N) is 1. The minimum absolute atomic E-state index is 0.0258. The van der Waals surface area contributed by atoms with Gasteiger partial charge in [0, 0.05) is 12.8 Å². The molecule has 60 heavy (non-hydrogen) atoms. The molecule has 0 bridgehead atoms. The lowest BCUT2D eigenvalue weighted by Gasteiger charge is -2.28. The summed E-state index contributed by atoms with van der Waals surface area (Å²) in [5, 5.41) is 20.2. The van der Waals surface area contributed by atoms with E-state index in [1.54, 1.807) is 18.2 Å². The minimum Gasteiger partial charge on any atom is -0.756 e. The van der Waals surface area contributed by atoms with Crippen LogP contribution in [0.5, 0.6) is 0 Å². The number of hydrogen-bond donors (Lipinski definition) is 2. The van der Waals surface area contributed by atoms with Crippen molar-refractivity contribution in [3.63, 3.8) is 0 Å². The van der Waals surface area contributed by atoms with E-state index in [2.05, 4.69) is 26.0 Å². The number of rotatable bonds is 41. The van der Waals surface area contributed by atoms with E-state index in [4.69, 9.17) is 18.5 Å². The summed E-state index contributed by atoms with van der Waals surface area (Å²) < 4.78 is 33.7. The summed E-state index contributed by atoms with van der Waals surface area (Å²) in [6.07, 6.45) is 40.3. The Morgan fingerprint density at radius 2 is 1.12 bits per heavy atom. The molecule has 0 aromatic heterocycles. The molecule has 0 aromatic rings. The number of aliphatic hydroxyl groups is 2. The lowest BCUT2D eigenvalue weighted by atomic mass is 10.1. The zero-order valence-electron chi connectivity index (χ0n) is 38.4. The fourth-order valence-electron chi connectivity index (χ4n) is 5.98. The molecule has 0 saturated carbocycles. The Labute approximate surface area is 365 Å². The summed E-state index contributed by atoms with van der Waals surface area (Å²) in [4.78, 5) is 37.6. The van der Waals surface area contributed by atoms with Crippen LogP contribution in [0.4, 0.5) is 0 Å². The molecule has 348 valence electrons. The van der Waals surface area contributed by atoms with Gasteiger partial charge in [0.05, 0.1) is 40.0 Å². The van der Waals surface area contributed by atoms with E-state index >= 15 is 0 Å². The molecule has 2 N–H and O–H groups in total. The molecule has 0 radical (unpaired) electrons. The lowest BCUT2D eigenvalue weighted by Crippen LogP contribution is -2.37. The Balaban J connectivity index is 4.57. The number of aliphatic hydroxyl groups excluding tert-OH is 2. The van der Waals surface area contributed by atoms with Gasteiger partial charge in [0.2, 0.25) is 0 Å². The summed E-state index contributed by atoms with van der Waals surface area (Å²) in [7, 11) is 1.03. The number of unbranched alkanes of at least 4 members (excludes halogenated alkanes) is 15. The van der Waals surface area contributed by atoms with Crippen molar-refractivity contribution >= 4 is 19.8 Å². The molecule has 0 spiro atoms. The maximum absolute atomic E-state index is 12.7. The smallest absolute Gasteiger partial charge is 0.306 e. The van der Waals surface area contributed by atoms with Gasteiger partial charge in [-0.25, -0.2) is 0 Å². The van der Waals surface area contributed by atoms with Crippen molar-refractivity contribution in [2.75, 3.05) is 47.5 Å². The van der Waals surface area contributed by atoms with Crippen molar-refractivity contribution in [2.45, 2.75) is 186 Å². The van der Waals surface area contributed by atoms with Gasteiger partial charge >= 0.3 is 11.9 Å². The molecule has 1 unspecified atom stereocenters. The Bertz CT molecular complexity index is 1240. The molecule has 0 heterocycles. The zero-order chi connectivity index (χ0) is 44.6. The molecule has 4 atom stereocenters. The van der Waals surface area contributed by atoms with E-state index in [9.17, 15) is 29.3 Å². The number of phosphoric ester groups is 1. The molecule has 0 aliphatic carbocycles. The highest BCUT2D eigenvalue weighted by Gasteiger charge is 2.22. The Hall–Kier alpha value is -2.37. The average Bonchev–Trinajstić information content (AvgIpc) is 3.19. The quantitative estimate of drug-likeness (QED) is 0.0152. The third-order valence-corrected chi connectivity index (χ3v) is 10.7. The first-order valence-corrected chi connectivity index (χ1v) is 24.7. The molecule has 0 aromatic carbocycles. The van der Waals surface area contributed by atoms with Crippen LogP contribution in [0.2, 0.25) is 0 Å². The number of carbonyl (C=O) groups excluding carboxylic acids is 2. The van der Waals surface area contributed by atoms with Gasteiger partial charge in [0.1, 0.15) is 19.8 Å². The van der Waals surface area contributed by atoms with E-state index in [0.29, 0.717) is 36.7 Å². The van der Waals surface area contributed by atoms with Gasteiger partial charge < -0.3 is 38.1 Å². The van der Waals surface area contributed by atoms with Crippen molar-refractivity contribution < 1.29 is 52.3 Å². The van der Waals surface area contributed by atoms with Crippen molar-refractivity contribution in [3.8, 4) is 0 Å². The molecular weight excluding hydrogens is 781 g/mol. The predicted octanol–water partition coefficient (Wildman–Crippen LogP) is 10.6. The van der Waals surface area contributed by atoms with Gasteiger partial charge in [-0.05, 0) is 57.8 Å². The Kier molecular flexibility index (Phi) is 37.9. The molecule has 0 fully saturated rings. The minimum atomic E-state index is -4.69. The van der Waals surface area contributed by atoms with Crippen molar-refractivity contribution in [2.24, 2.45) is 0 Å². The molecule has 0 aliphatic rings. The summed E-state index contributed by atoms with van der Waals surface area (Å²) in [6, 6.07) is 0. The molecule has 11 nitrogen and oxygen atoms in total. The number of quaternary nitrogens is 1. The Morgan fingerprint density at radius 1 is 0.617 bits per heavy atom. The highest BCUT2D eigenvalue weighted by Crippen LogP contribution is 2.38. The van der Waals surface area contributed by atoms with Crippen molar-refractivity contribution in [1.82, 2.24) is 0 Å². The second-order valence-electron chi connectivity index (χ2n) is 16.8. The largest absolute Gasteiger partial charge is 0.756 e. The maximum Gasteiger partial charge on any atom is 0.306 e. The molecule has 0 amide bonds. The molecule has 0 rings (SSSR count). The van der Waals surface area contributed by atoms with Gasteiger partial charge in [-0.15, -0.1) is 0 Å². The predicted molar refractivity (Wildman–Crippen MR) is 243 cm³/mol. The summed E-state index contributed by atoms with van der Waals surface area (Å²) in [5.41, 5.74) is 0. The van der Waals surface area contributed by atoms with Crippen LogP contribution in [-0.2, 0) is 32.7 Å². The SMILES string of the molecule is CCCCCCCC/C=C\CCCCCCCCCC(=O)O[C@H](COC(=O)CCC[C@@H](O)/C=C/C=C\C/C=C\C=C\[C@@H](O)CCCCC)COP(=O)([O-])OCC[N+](C)(C)C. The number of esters is 2. The van der Waals surface area contributed by atoms with Crippen LogP contribution < -0.4 is 4.89 Å². The van der Waals surface area contributed by atoms with Gasteiger partial charge in [-0.1, -0.05) is 158 Å². The van der Waals surface area contributed by atoms with Crippen LogP contribution in [0.3, 0.4) is 0 Å². The van der Waals surface area contributed by atoms with E-state index < -0.39 is 44.7 Å². The Morgan fingerprint density at radius 3 is 1.68 bits per heavy atom. The molecule has 0 aliphatic heterocycles. The number of allylic oxidation sites excluding steroid dienone is 8. The summed E-state index contributed by atoms with van der Waals surface area (Å²) >= 11 is 0. The number of likely N-dealkylation sites (N-methyl/N-ethyl adjacent to an activating group) is 1. The third kappa shape index (κ3) is 42.3. The van der Waals surface area contributed by atoms with Crippen LogP contribution >= 0.6 is 7.82 Å². The second kappa shape index (κ2) is 39.5. The van der Waals surface area contributed by atoms with Crippen molar-refractivity contribution in [1.29, 1.82) is 0 Å². The standard InChI is InChI=1S/C48H86NO10P/c1-6-8-10-11-12-13-14-15-16-17-18-19-20-21-25-28-32-38-48(53)59-46(43-58-60(54,55)57-41-40-49(3,4)5)42-56-47(52)39-33-37-45(51)36-31-27-24-22-23-26-30-35-44(50)34-29-9-7-2/h15-16,23-24,26-27,30-31,35-36,44-46,50-51H,6-14,17-22,25,28-29,32-34,37-43H2,1-5H3/b16-15-,26-23-,27-24-,35-30+,36-31+/t44-,45-,46+/m0/s1. The monoisotopic (exact) mass is 868 g/mol. The first-order valence-electron chi connectivity index (χ1n) is 23.2. The first-order chi connectivity index (χ1) is 28.8. The normalized spacial score (nSPS) is 15.1. The topological polar surface area (TPSA) is 152 Å². The number of phosphoric acid groups is 1. The lowest BCUT2D eigenvalue weighted by molar-refractivity contribution is -0.870. The fourth-order valence-corrected chi connectivity index (χ4v) is 6.71. The second-order valence-corrected chi connectivity index (χ2v) is 18.2. The highest BCUT2D eigenvalue weighted by atomic mass is 31.2. The summed E-state index contributed by atoms with van der Waals surface area (Å²) in [6.45, 7) is 3.85. The van der Waals surface area contributed by atoms with Crippen LogP contribution in [0.15, 0.2) is 60.8 Å². The summed E-state index contributed by atoms with van der Waals surface area (Å²) in [5.74, 6) is -1.07. The van der Waals surface area contributed by atoms with E-state index in [-0.39, 0.29) is 26.1 Å². The van der Waals surface area contributed by atoms with E-state index in [0.717, 1.165) is 51.4 Å². The third-order valence-electron chi connectivity index (χ3n) is 9.72. The van der Waals surface area contributed by atoms with Crippen LogP contribution in [0, 0.1) is 0 Å². The average molecular weight is 868 g/mol. The van der Waals surface area contributed by atoms with E-state index in [1.807, 2.05) is 51.5 Å². The maximum atomic E-state index is 12.7. The molecule has 0 saturated heterocycles. The number of carbonyl (C=O) groups is 2. The van der Waals surface area contributed by atoms with Gasteiger partial charge in [0.25, 0.3) is 7.82 Å². The molecular formula is C48H86NO10P. The van der Waals surface area contributed by atoms with Crippen LogP contribution in [0.1, 0.15) is 168 Å². The van der Waals surface area contributed by atoms with Gasteiger partial charge in [-0.2, -0.15) is 0 Å². The number of hydrogen-bond acceptors (Lipinski definition) is 10. The van der Waals surface area contributed by atoms with Crippen LogP contribution in [-0.4, -0.2) is 92.5 Å². The van der Waals surface area contributed by atoms with Gasteiger partial charge in [-0.3, -0.25) is 14.2 Å². The first kappa shape index (κ1) is 57.6. The van der Waals surface area contributed by atoms with Gasteiger partial charge in [0.15, 0.2) is 6.10 Å². The fraction of sp³-hybridized carbons (Fsp3) is 0.750. The highest BCUT2D eigenvalue weighted by molar-refractivity contribution is 7.45. The zero-order valence-corrected chi connectivity index (χ0v) is 39.3. The number of ether oxygens (including phenoxy) is 2. The van der Waals surface area contributed by atoms with Crippen LogP contribution in [0.25, 0.3) is 0 Å². The van der Waals surface area contributed by atoms with E-state index in [1.165, 1.54) is 64.2 Å². The molecule has 12 heteroatoms.